The fourth-order valence-electron chi connectivity index (χ4n) is 2.29. The molecule has 0 aliphatic rings. The zero-order chi connectivity index (χ0) is 17.8. The van der Waals surface area contributed by atoms with Crippen LogP contribution in [0.5, 0.6) is 0 Å². The number of fused-ring (bicyclic) bond motifs is 1. The first-order chi connectivity index (χ1) is 12.0. The molecule has 25 heavy (non-hydrogen) atoms. The summed E-state index contributed by atoms with van der Waals surface area (Å²) in [6.07, 6.45) is 4.12. The Labute approximate surface area is 143 Å². The Morgan fingerprint density at radius 3 is 2.88 bits per heavy atom. The topological polar surface area (TPSA) is 60.7 Å². The first kappa shape index (κ1) is 16.6. The van der Waals surface area contributed by atoms with Crippen molar-refractivity contribution in [3.63, 3.8) is 0 Å². The minimum Gasteiger partial charge on any atom is -0.456 e. The lowest BCUT2D eigenvalue weighted by Gasteiger charge is -2.05. The van der Waals surface area contributed by atoms with Gasteiger partial charge >= 0.3 is 5.97 Å². The van der Waals surface area contributed by atoms with E-state index in [1.165, 1.54) is 22.6 Å². The second-order valence-electron chi connectivity index (χ2n) is 5.48. The molecule has 0 aliphatic carbocycles. The predicted octanol–water partition coefficient (Wildman–Crippen LogP) is 2.90. The molecular formula is C19H15FN2O3. The normalized spacial score (nSPS) is 11.1. The van der Waals surface area contributed by atoms with Crippen LogP contribution in [0.1, 0.15) is 16.8 Å². The van der Waals surface area contributed by atoms with Crippen LogP contribution in [0.25, 0.3) is 11.7 Å². The van der Waals surface area contributed by atoms with Crippen LogP contribution in [0.15, 0.2) is 59.5 Å². The summed E-state index contributed by atoms with van der Waals surface area (Å²) in [6, 6.07) is 11.0. The lowest BCUT2D eigenvalue weighted by molar-refractivity contribution is -0.139. The molecule has 0 bridgehead atoms. The Morgan fingerprint density at radius 2 is 2.08 bits per heavy atom. The average molecular weight is 338 g/mol. The van der Waals surface area contributed by atoms with Gasteiger partial charge < -0.3 is 4.74 Å². The maximum absolute atomic E-state index is 13.5. The van der Waals surface area contributed by atoms with E-state index >= 15 is 0 Å². The summed E-state index contributed by atoms with van der Waals surface area (Å²) >= 11 is 0. The lowest BCUT2D eigenvalue weighted by atomic mass is 10.2. The summed E-state index contributed by atoms with van der Waals surface area (Å²) in [5.74, 6) is -1.07. The number of nitrogens with zero attached hydrogens (tertiary/aromatic N) is 2. The van der Waals surface area contributed by atoms with Crippen molar-refractivity contribution in [2.45, 2.75) is 13.5 Å². The second kappa shape index (κ2) is 7.09. The molecule has 0 radical (unpaired) electrons. The number of carbonyl (C=O) groups excluding carboxylic acids is 1. The number of pyridine rings is 1. The highest BCUT2D eigenvalue weighted by atomic mass is 19.1. The van der Waals surface area contributed by atoms with Crippen LogP contribution in [-0.4, -0.2) is 15.4 Å². The Balaban J connectivity index is 1.71. The number of benzene rings is 1. The Hall–Kier alpha value is -3.28. The molecule has 0 aliphatic heterocycles. The van der Waals surface area contributed by atoms with Crippen molar-refractivity contribution in [2.75, 3.05) is 0 Å². The highest BCUT2D eigenvalue weighted by Gasteiger charge is 2.05. The first-order valence-electron chi connectivity index (χ1n) is 7.61. The smallest absolute Gasteiger partial charge is 0.331 e. The number of halogens is 1. The van der Waals surface area contributed by atoms with E-state index in [4.69, 9.17) is 4.74 Å². The molecule has 1 aromatic carbocycles. The monoisotopic (exact) mass is 338 g/mol. The van der Waals surface area contributed by atoms with Gasteiger partial charge in [0.15, 0.2) is 0 Å². The molecule has 0 fully saturated rings. The number of hydrogen-bond donors (Lipinski definition) is 0. The highest BCUT2D eigenvalue weighted by molar-refractivity contribution is 5.87. The Kier molecular flexibility index (Phi) is 4.70. The number of carbonyl (C=O) groups is 1. The number of esters is 1. The standard InChI is InChI=1S/C19H15FN2O3/c1-13-8-9-22-17(10-13)21-15(11-18(22)23)12-25-19(24)7-6-14-4-2-3-5-16(14)20/h2-11H,12H2,1H3/b7-6+. The van der Waals surface area contributed by atoms with Gasteiger partial charge in [0.2, 0.25) is 0 Å². The molecule has 3 aromatic rings. The summed E-state index contributed by atoms with van der Waals surface area (Å²) < 4.78 is 19.9. The van der Waals surface area contributed by atoms with Gasteiger partial charge in [-0.1, -0.05) is 18.2 Å². The van der Waals surface area contributed by atoms with Crippen LogP contribution in [-0.2, 0) is 16.1 Å². The minimum absolute atomic E-state index is 0.139. The van der Waals surface area contributed by atoms with Crippen molar-refractivity contribution in [1.29, 1.82) is 0 Å². The fraction of sp³-hybridized carbons (Fsp3) is 0.105. The van der Waals surface area contributed by atoms with E-state index in [0.29, 0.717) is 11.3 Å². The highest BCUT2D eigenvalue weighted by Crippen LogP contribution is 2.09. The molecule has 0 spiro atoms. The van der Waals surface area contributed by atoms with Crippen molar-refractivity contribution in [3.8, 4) is 0 Å². The van der Waals surface area contributed by atoms with E-state index in [0.717, 1.165) is 11.6 Å². The van der Waals surface area contributed by atoms with E-state index in [2.05, 4.69) is 4.98 Å². The number of aryl methyl sites for hydroxylation is 1. The van der Waals surface area contributed by atoms with Gasteiger partial charge in [-0.15, -0.1) is 0 Å². The molecule has 0 unspecified atom stereocenters. The molecule has 3 rings (SSSR count). The quantitative estimate of drug-likeness (QED) is 0.542. The van der Waals surface area contributed by atoms with Crippen molar-refractivity contribution in [3.05, 3.63) is 87.7 Å². The maximum Gasteiger partial charge on any atom is 0.331 e. The van der Waals surface area contributed by atoms with Crippen LogP contribution >= 0.6 is 0 Å². The van der Waals surface area contributed by atoms with Gasteiger partial charge in [-0.2, -0.15) is 0 Å². The molecule has 0 N–H and O–H groups in total. The van der Waals surface area contributed by atoms with Crippen LogP contribution in [0.4, 0.5) is 4.39 Å². The van der Waals surface area contributed by atoms with Crippen molar-refractivity contribution >= 4 is 17.7 Å². The molecule has 2 heterocycles. The van der Waals surface area contributed by atoms with E-state index in [9.17, 15) is 14.0 Å². The lowest BCUT2D eigenvalue weighted by Crippen LogP contribution is -2.16. The van der Waals surface area contributed by atoms with Crippen LogP contribution in [0.3, 0.4) is 0 Å². The van der Waals surface area contributed by atoms with Crippen molar-refractivity contribution in [2.24, 2.45) is 0 Å². The molecule has 6 heteroatoms. The molecule has 5 nitrogen and oxygen atoms in total. The molecule has 2 aromatic heterocycles. The number of aromatic nitrogens is 2. The molecule has 0 saturated carbocycles. The third kappa shape index (κ3) is 3.98. The minimum atomic E-state index is -0.644. The van der Waals surface area contributed by atoms with Gasteiger partial charge in [-0.05, 0) is 36.8 Å². The van der Waals surface area contributed by atoms with Gasteiger partial charge in [0.25, 0.3) is 5.56 Å². The van der Waals surface area contributed by atoms with Gasteiger partial charge in [-0.3, -0.25) is 9.20 Å². The van der Waals surface area contributed by atoms with Crippen molar-refractivity contribution < 1.29 is 13.9 Å². The third-order valence-electron chi connectivity index (χ3n) is 3.54. The van der Waals surface area contributed by atoms with E-state index < -0.39 is 11.8 Å². The first-order valence-corrected chi connectivity index (χ1v) is 7.61. The van der Waals surface area contributed by atoms with Gasteiger partial charge in [0, 0.05) is 23.9 Å². The molecule has 0 saturated heterocycles. The van der Waals surface area contributed by atoms with Crippen molar-refractivity contribution in [1.82, 2.24) is 9.38 Å². The van der Waals surface area contributed by atoms with Crippen LogP contribution in [0, 0.1) is 12.7 Å². The van der Waals surface area contributed by atoms with Crippen LogP contribution < -0.4 is 5.56 Å². The number of rotatable bonds is 4. The van der Waals surface area contributed by atoms with E-state index in [1.807, 2.05) is 13.0 Å². The van der Waals surface area contributed by atoms with Crippen LogP contribution in [0.2, 0.25) is 0 Å². The summed E-state index contributed by atoms with van der Waals surface area (Å²) in [7, 11) is 0. The largest absolute Gasteiger partial charge is 0.456 e. The molecule has 0 atom stereocenters. The molecular weight excluding hydrogens is 323 g/mol. The molecule has 0 amide bonds. The zero-order valence-electron chi connectivity index (χ0n) is 13.5. The summed E-state index contributed by atoms with van der Waals surface area (Å²) in [6.45, 7) is 1.76. The Morgan fingerprint density at radius 1 is 1.28 bits per heavy atom. The molecule has 126 valence electrons. The van der Waals surface area contributed by atoms with Gasteiger partial charge in [-0.25, -0.2) is 14.2 Å². The summed E-state index contributed by atoms with van der Waals surface area (Å²) in [4.78, 5) is 28.1. The zero-order valence-corrected chi connectivity index (χ0v) is 13.5. The average Bonchev–Trinajstić information content (AvgIpc) is 2.59. The Bertz CT molecular complexity index is 1020. The third-order valence-corrected chi connectivity index (χ3v) is 3.54. The van der Waals surface area contributed by atoms with E-state index in [-0.39, 0.29) is 17.7 Å². The summed E-state index contributed by atoms with van der Waals surface area (Å²) in [5.41, 5.74) is 1.84. The van der Waals surface area contributed by atoms with Gasteiger partial charge in [0.05, 0.1) is 5.69 Å². The van der Waals surface area contributed by atoms with E-state index in [1.54, 1.807) is 30.5 Å². The summed E-state index contributed by atoms with van der Waals surface area (Å²) in [5, 5.41) is 0. The maximum atomic E-state index is 13.5. The second-order valence-corrected chi connectivity index (χ2v) is 5.48. The number of ether oxygens (including phenoxy) is 1. The SMILES string of the molecule is Cc1ccn2c(=O)cc(COC(=O)/C=C/c3ccccc3F)nc2c1. The number of hydrogen-bond acceptors (Lipinski definition) is 4. The predicted molar refractivity (Wildman–Crippen MR) is 91.4 cm³/mol. The van der Waals surface area contributed by atoms with Gasteiger partial charge in [0.1, 0.15) is 18.1 Å². The fourth-order valence-corrected chi connectivity index (χ4v) is 2.29.